The second-order valence-electron chi connectivity index (χ2n) is 5.93. The van der Waals surface area contributed by atoms with E-state index >= 15 is 0 Å². The molecule has 2 atom stereocenters. The average molecular weight is 346 g/mol. The summed E-state index contributed by atoms with van der Waals surface area (Å²) in [6, 6.07) is 9.17. The SMILES string of the molecule is O=C(/C=C/C(=O)N[C@@H](Cc1ccccc1)B(O)O)NCC1CCCO1. The van der Waals surface area contributed by atoms with Gasteiger partial charge in [0.05, 0.1) is 12.0 Å². The number of carbonyl (C=O) groups excluding carboxylic acids is 2. The Hall–Kier alpha value is -2.16. The molecule has 0 spiro atoms. The zero-order valence-electron chi connectivity index (χ0n) is 13.9. The van der Waals surface area contributed by atoms with E-state index in [1.165, 1.54) is 0 Å². The Bertz CT molecular complexity index is 588. The number of hydrogen-bond donors (Lipinski definition) is 4. The van der Waals surface area contributed by atoms with Crippen LogP contribution in [-0.4, -0.2) is 54.2 Å². The first-order chi connectivity index (χ1) is 12.0. The summed E-state index contributed by atoms with van der Waals surface area (Å²) in [6.07, 6.45) is 4.40. The topological polar surface area (TPSA) is 108 Å². The molecule has 1 aromatic carbocycles. The molecular weight excluding hydrogens is 323 g/mol. The first kappa shape index (κ1) is 19.2. The normalized spacial score (nSPS) is 18.1. The van der Waals surface area contributed by atoms with Crippen molar-refractivity contribution in [2.24, 2.45) is 0 Å². The van der Waals surface area contributed by atoms with Crippen LogP contribution in [0.4, 0.5) is 0 Å². The quantitative estimate of drug-likeness (QED) is 0.378. The molecule has 1 heterocycles. The Kier molecular flexibility index (Phi) is 7.65. The molecule has 0 radical (unpaired) electrons. The fourth-order valence-corrected chi connectivity index (χ4v) is 2.56. The van der Waals surface area contributed by atoms with Gasteiger partial charge < -0.3 is 25.4 Å². The van der Waals surface area contributed by atoms with Gasteiger partial charge >= 0.3 is 7.12 Å². The molecule has 0 aromatic heterocycles. The van der Waals surface area contributed by atoms with Crippen LogP contribution >= 0.6 is 0 Å². The third-order valence-corrected chi connectivity index (χ3v) is 3.90. The lowest BCUT2D eigenvalue weighted by atomic mass is 9.76. The van der Waals surface area contributed by atoms with Gasteiger partial charge in [-0.1, -0.05) is 30.3 Å². The van der Waals surface area contributed by atoms with Gasteiger partial charge in [-0.15, -0.1) is 0 Å². The minimum Gasteiger partial charge on any atom is -0.426 e. The van der Waals surface area contributed by atoms with Gasteiger partial charge in [-0.25, -0.2) is 0 Å². The van der Waals surface area contributed by atoms with Crippen molar-refractivity contribution in [2.75, 3.05) is 13.2 Å². The van der Waals surface area contributed by atoms with Crippen LogP contribution in [0.5, 0.6) is 0 Å². The van der Waals surface area contributed by atoms with Gasteiger partial charge in [0.15, 0.2) is 0 Å². The van der Waals surface area contributed by atoms with Crippen LogP contribution in [-0.2, 0) is 20.7 Å². The molecule has 0 bridgehead atoms. The number of carbonyl (C=O) groups is 2. The summed E-state index contributed by atoms with van der Waals surface area (Å²) >= 11 is 0. The van der Waals surface area contributed by atoms with E-state index in [9.17, 15) is 19.6 Å². The second-order valence-corrected chi connectivity index (χ2v) is 5.93. The average Bonchev–Trinajstić information content (AvgIpc) is 3.12. The van der Waals surface area contributed by atoms with Crippen molar-refractivity contribution >= 4 is 18.9 Å². The van der Waals surface area contributed by atoms with Gasteiger partial charge in [-0.3, -0.25) is 9.59 Å². The molecule has 1 unspecified atom stereocenters. The van der Waals surface area contributed by atoms with Crippen LogP contribution in [0.1, 0.15) is 18.4 Å². The van der Waals surface area contributed by atoms with Crippen LogP contribution < -0.4 is 10.6 Å². The third-order valence-electron chi connectivity index (χ3n) is 3.90. The van der Waals surface area contributed by atoms with Gasteiger partial charge in [0, 0.05) is 25.3 Å². The van der Waals surface area contributed by atoms with Crippen LogP contribution in [0.25, 0.3) is 0 Å². The maximum Gasteiger partial charge on any atom is 0.475 e. The largest absolute Gasteiger partial charge is 0.475 e. The van der Waals surface area contributed by atoms with E-state index in [0.717, 1.165) is 30.6 Å². The zero-order chi connectivity index (χ0) is 18.1. The van der Waals surface area contributed by atoms with E-state index in [-0.39, 0.29) is 12.5 Å². The van der Waals surface area contributed by atoms with E-state index in [1.807, 2.05) is 30.3 Å². The molecule has 2 rings (SSSR count). The lowest BCUT2D eigenvalue weighted by molar-refractivity contribution is -0.119. The van der Waals surface area contributed by atoms with Gasteiger partial charge in [0.25, 0.3) is 0 Å². The summed E-state index contributed by atoms with van der Waals surface area (Å²) in [7, 11) is -1.70. The fraction of sp³-hybridized carbons (Fsp3) is 0.412. The van der Waals surface area contributed by atoms with Crippen LogP contribution in [0.15, 0.2) is 42.5 Å². The Balaban J connectivity index is 1.78. The zero-order valence-corrected chi connectivity index (χ0v) is 13.9. The predicted molar refractivity (Wildman–Crippen MR) is 93.4 cm³/mol. The van der Waals surface area contributed by atoms with Crippen molar-refractivity contribution < 1.29 is 24.4 Å². The van der Waals surface area contributed by atoms with E-state index < -0.39 is 24.9 Å². The minimum absolute atomic E-state index is 0.0333. The number of benzene rings is 1. The summed E-state index contributed by atoms with van der Waals surface area (Å²) in [5.74, 6) is -1.83. The van der Waals surface area contributed by atoms with Crippen molar-refractivity contribution in [3.05, 3.63) is 48.0 Å². The first-order valence-electron chi connectivity index (χ1n) is 8.32. The summed E-state index contributed by atoms with van der Waals surface area (Å²) in [5, 5.41) is 24.0. The number of ether oxygens (including phenoxy) is 1. The summed E-state index contributed by atoms with van der Waals surface area (Å²) in [6.45, 7) is 1.13. The molecule has 0 saturated carbocycles. The fourth-order valence-electron chi connectivity index (χ4n) is 2.56. The van der Waals surface area contributed by atoms with Gasteiger partial charge in [0.2, 0.25) is 11.8 Å². The van der Waals surface area contributed by atoms with Crippen molar-refractivity contribution in [3.63, 3.8) is 0 Å². The Morgan fingerprint density at radius 3 is 2.60 bits per heavy atom. The number of rotatable bonds is 8. The summed E-state index contributed by atoms with van der Waals surface area (Å²) in [5.41, 5.74) is 0.860. The van der Waals surface area contributed by atoms with Gasteiger partial charge in [0.1, 0.15) is 0 Å². The van der Waals surface area contributed by atoms with Crippen LogP contribution in [0.2, 0.25) is 0 Å². The maximum atomic E-state index is 11.9. The lowest BCUT2D eigenvalue weighted by Crippen LogP contribution is -2.47. The molecule has 1 aliphatic rings. The summed E-state index contributed by atoms with van der Waals surface area (Å²) in [4.78, 5) is 23.6. The molecular formula is C17H23BN2O5. The van der Waals surface area contributed by atoms with Gasteiger partial charge in [-0.2, -0.15) is 0 Å². The van der Waals surface area contributed by atoms with Crippen LogP contribution in [0, 0.1) is 0 Å². The number of amides is 2. The standard InChI is InChI=1S/C17H23BN2O5/c21-16(19-12-14-7-4-10-25-14)8-9-17(22)20-15(18(23)24)11-13-5-2-1-3-6-13/h1-3,5-6,8-9,14-15,23-24H,4,7,10-12H2,(H,19,21)(H,20,22)/b9-8+/t14?,15-/m0/s1. The highest BCUT2D eigenvalue weighted by Gasteiger charge is 2.24. The van der Waals surface area contributed by atoms with E-state index in [4.69, 9.17) is 4.74 Å². The monoisotopic (exact) mass is 346 g/mol. The smallest absolute Gasteiger partial charge is 0.426 e. The highest BCUT2D eigenvalue weighted by atomic mass is 16.5. The van der Waals surface area contributed by atoms with E-state index in [2.05, 4.69) is 10.6 Å². The van der Waals surface area contributed by atoms with Crippen molar-refractivity contribution in [3.8, 4) is 0 Å². The molecule has 25 heavy (non-hydrogen) atoms. The molecule has 2 amide bonds. The molecule has 134 valence electrons. The van der Waals surface area contributed by atoms with Gasteiger partial charge in [-0.05, 0) is 24.8 Å². The summed E-state index contributed by atoms with van der Waals surface area (Å²) < 4.78 is 5.39. The van der Waals surface area contributed by atoms with Crippen molar-refractivity contribution in [1.29, 1.82) is 0 Å². The lowest BCUT2D eigenvalue weighted by Gasteiger charge is -2.16. The molecule has 1 aromatic rings. The van der Waals surface area contributed by atoms with Crippen molar-refractivity contribution in [2.45, 2.75) is 31.3 Å². The highest BCUT2D eigenvalue weighted by molar-refractivity contribution is 6.43. The van der Waals surface area contributed by atoms with Crippen LogP contribution in [0.3, 0.4) is 0 Å². The molecule has 4 N–H and O–H groups in total. The molecule has 1 aliphatic heterocycles. The van der Waals surface area contributed by atoms with E-state index in [1.54, 1.807) is 0 Å². The van der Waals surface area contributed by atoms with Crippen molar-refractivity contribution in [1.82, 2.24) is 10.6 Å². The second kappa shape index (κ2) is 9.98. The predicted octanol–water partition coefficient (Wildman–Crippen LogP) is -0.423. The number of hydrogen-bond acceptors (Lipinski definition) is 5. The molecule has 0 aliphatic carbocycles. The highest BCUT2D eigenvalue weighted by Crippen LogP contribution is 2.10. The number of nitrogens with one attached hydrogen (secondary N) is 2. The molecule has 1 saturated heterocycles. The minimum atomic E-state index is -1.70. The Morgan fingerprint density at radius 1 is 1.24 bits per heavy atom. The third kappa shape index (κ3) is 7.09. The van der Waals surface area contributed by atoms with E-state index in [0.29, 0.717) is 13.2 Å². The molecule has 8 heteroatoms. The Morgan fingerprint density at radius 2 is 1.96 bits per heavy atom. The maximum absolute atomic E-state index is 11.9. The Labute approximate surface area is 147 Å². The molecule has 7 nitrogen and oxygen atoms in total. The first-order valence-corrected chi connectivity index (χ1v) is 8.32. The molecule has 1 fully saturated rings.